The minimum absolute atomic E-state index is 0.113. The maximum Gasteiger partial charge on any atom is 0.265 e. The van der Waals surface area contributed by atoms with Crippen LogP contribution in [0.15, 0.2) is 46.3 Å². The van der Waals surface area contributed by atoms with Crippen molar-refractivity contribution in [3.05, 3.63) is 58.4 Å². The van der Waals surface area contributed by atoms with Gasteiger partial charge in [-0.15, -0.1) is 11.3 Å². The van der Waals surface area contributed by atoms with Gasteiger partial charge in [-0.05, 0) is 48.6 Å². The maximum absolute atomic E-state index is 12.0. The number of ether oxygens (including phenoxy) is 1. The fourth-order valence-electron chi connectivity index (χ4n) is 2.21. The summed E-state index contributed by atoms with van der Waals surface area (Å²) in [4.78, 5) is 17.0. The Morgan fingerprint density at radius 2 is 2.12 bits per heavy atom. The number of carbonyl (C=O) groups excluding carboxylic acids is 1. The molecular formula is C17H15N3O3S. The molecule has 7 heteroatoms. The summed E-state index contributed by atoms with van der Waals surface area (Å²) < 4.78 is 10.8. The van der Waals surface area contributed by atoms with E-state index in [0.717, 1.165) is 18.5 Å². The number of rotatable bonds is 6. The van der Waals surface area contributed by atoms with Crippen LogP contribution in [0.2, 0.25) is 0 Å². The second kappa shape index (κ2) is 6.45. The van der Waals surface area contributed by atoms with Crippen molar-refractivity contribution in [3.8, 4) is 5.75 Å². The van der Waals surface area contributed by atoms with Crippen LogP contribution >= 0.6 is 11.3 Å². The first kappa shape index (κ1) is 14.9. The van der Waals surface area contributed by atoms with Gasteiger partial charge in [0.2, 0.25) is 11.7 Å². The van der Waals surface area contributed by atoms with Gasteiger partial charge in [-0.1, -0.05) is 11.2 Å². The molecule has 24 heavy (non-hydrogen) atoms. The Kier molecular flexibility index (Phi) is 4.00. The van der Waals surface area contributed by atoms with Gasteiger partial charge < -0.3 is 14.6 Å². The number of nitrogens with one attached hydrogen (secondary N) is 1. The zero-order chi connectivity index (χ0) is 16.4. The summed E-state index contributed by atoms with van der Waals surface area (Å²) in [6.45, 7) is 0.261. The second-order valence-electron chi connectivity index (χ2n) is 5.57. The highest BCUT2D eigenvalue weighted by Crippen LogP contribution is 2.38. The number of thiophene rings is 1. The zero-order valence-electron chi connectivity index (χ0n) is 12.8. The van der Waals surface area contributed by atoms with Crippen molar-refractivity contribution in [2.24, 2.45) is 0 Å². The Hall–Kier alpha value is -2.67. The third-order valence-electron chi connectivity index (χ3n) is 3.64. The van der Waals surface area contributed by atoms with E-state index >= 15 is 0 Å². The van der Waals surface area contributed by atoms with Crippen molar-refractivity contribution >= 4 is 22.9 Å². The van der Waals surface area contributed by atoms with Gasteiger partial charge in [0.1, 0.15) is 5.75 Å². The predicted octanol–water partition coefficient (Wildman–Crippen LogP) is 3.84. The first-order valence-corrected chi connectivity index (χ1v) is 8.56. The van der Waals surface area contributed by atoms with E-state index in [1.54, 1.807) is 30.3 Å². The van der Waals surface area contributed by atoms with Crippen molar-refractivity contribution in [2.75, 3.05) is 5.32 Å². The molecule has 0 spiro atoms. The molecule has 0 saturated heterocycles. The van der Waals surface area contributed by atoms with Gasteiger partial charge in [0.25, 0.3) is 5.91 Å². The largest absolute Gasteiger partial charge is 0.485 e. The van der Waals surface area contributed by atoms with E-state index in [1.807, 2.05) is 11.4 Å². The minimum Gasteiger partial charge on any atom is -0.485 e. The average molecular weight is 341 g/mol. The van der Waals surface area contributed by atoms with Crippen LogP contribution in [0.3, 0.4) is 0 Å². The van der Waals surface area contributed by atoms with Crippen molar-refractivity contribution < 1.29 is 14.1 Å². The zero-order valence-corrected chi connectivity index (χ0v) is 13.6. The van der Waals surface area contributed by atoms with E-state index in [4.69, 9.17) is 9.26 Å². The fraction of sp³-hybridized carbons (Fsp3) is 0.235. The van der Waals surface area contributed by atoms with Crippen molar-refractivity contribution in [1.82, 2.24) is 10.1 Å². The summed E-state index contributed by atoms with van der Waals surface area (Å²) in [5.74, 6) is 2.27. The van der Waals surface area contributed by atoms with Crippen LogP contribution in [-0.2, 0) is 6.61 Å². The highest BCUT2D eigenvalue weighted by Gasteiger charge is 2.29. The number of anilines is 1. The van der Waals surface area contributed by atoms with Gasteiger partial charge in [0.15, 0.2) is 6.61 Å². The Morgan fingerprint density at radius 1 is 1.29 bits per heavy atom. The average Bonchev–Trinajstić information content (AvgIpc) is 3.12. The van der Waals surface area contributed by atoms with Crippen LogP contribution in [0.5, 0.6) is 5.75 Å². The smallest absolute Gasteiger partial charge is 0.265 e. The second-order valence-corrected chi connectivity index (χ2v) is 6.52. The van der Waals surface area contributed by atoms with E-state index in [1.165, 1.54) is 11.3 Å². The topological polar surface area (TPSA) is 77.2 Å². The minimum atomic E-state index is -0.113. The number of hydrogen-bond acceptors (Lipinski definition) is 6. The molecule has 0 unspecified atom stereocenters. The van der Waals surface area contributed by atoms with Gasteiger partial charge in [0.05, 0.1) is 4.88 Å². The first-order chi connectivity index (χ1) is 11.8. The standard InChI is InChI=1S/C17H15N3O3S/c21-16(14-2-1-9-24-14)18-12-5-7-13(8-6-12)22-10-15-19-17(23-20-15)11-3-4-11/h1-2,5-9,11H,3-4,10H2,(H,18,21). The Labute approximate surface area is 142 Å². The molecule has 0 aliphatic heterocycles. The Bertz CT molecular complexity index is 823. The lowest BCUT2D eigenvalue weighted by molar-refractivity contribution is 0.103. The summed E-state index contributed by atoms with van der Waals surface area (Å²) in [5, 5.41) is 8.63. The van der Waals surface area contributed by atoms with Crippen LogP contribution in [0.25, 0.3) is 0 Å². The summed E-state index contributed by atoms with van der Waals surface area (Å²) in [7, 11) is 0. The van der Waals surface area contributed by atoms with E-state index in [-0.39, 0.29) is 12.5 Å². The monoisotopic (exact) mass is 341 g/mol. The molecule has 1 aliphatic rings. The molecular weight excluding hydrogens is 326 g/mol. The molecule has 1 aromatic carbocycles. The summed E-state index contributed by atoms with van der Waals surface area (Å²) in [6, 6.07) is 10.8. The quantitative estimate of drug-likeness (QED) is 0.737. The molecule has 1 aliphatic carbocycles. The number of aromatic nitrogens is 2. The van der Waals surface area contributed by atoms with E-state index in [9.17, 15) is 4.79 Å². The first-order valence-electron chi connectivity index (χ1n) is 7.68. The van der Waals surface area contributed by atoms with E-state index in [2.05, 4.69) is 15.5 Å². The van der Waals surface area contributed by atoms with E-state index < -0.39 is 0 Å². The Morgan fingerprint density at radius 3 is 2.83 bits per heavy atom. The number of hydrogen-bond donors (Lipinski definition) is 1. The van der Waals surface area contributed by atoms with Gasteiger partial charge >= 0.3 is 0 Å². The van der Waals surface area contributed by atoms with Crippen molar-refractivity contribution in [1.29, 1.82) is 0 Å². The molecule has 6 nitrogen and oxygen atoms in total. The molecule has 1 saturated carbocycles. The van der Waals surface area contributed by atoms with Crippen LogP contribution in [-0.4, -0.2) is 16.0 Å². The summed E-state index contributed by atoms with van der Waals surface area (Å²) in [6.07, 6.45) is 2.25. The van der Waals surface area contributed by atoms with Crippen LogP contribution < -0.4 is 10.1 Å². The molecule has 122 valence electrons. The lowest BCUT2D eigenvalue weighted by atomic mass is 10.3. The lowest BCUT2D eigenvalue weighted by Gasteiger charge is -2.06. The molecule has 4 rings (SSSR count). The molecule has 2 heterocycles. The predicted molar refractivity (Wildman–Crippen MR) is 89.3 cm³/mol. The van der Waals surface area contributed by atoms with Crippen molar-refractivity contribution in [3.63, 3.8) is 0 Å². The van der Waals surface area contributed by atoms with Crippen LogP contribution in [0, 0.1) is 0 Å². The Balaban J connectivity index is 1.32. The number of nitrogens with zero attached hydrogens (tertiary/aromatic N) is 2. The van der Waals surface area contributed by atoms with Gasteiger partial charge in [-0.3, -0.25) is 4.79 Å². The number of benzene rings is 1. The highest BCUT2D eigenvalue weighted by molar-refractivity contribution is 7.12. The van der Waals surface area contributed by atoms with Gasteiger partial charge in [0, 0.05) is 11.6 Å². The van der Waals surface area contributed by atoms with Crippen LogP contribution in [0.4, 0.5) is 5.69 Å². The molecule has 1 fully saturated rings. The van der Waals surface area contributed by atoms with E-state index in [0.29, 0.717) is 28.3 Å². The molecule has 0 bridgehead atoms. The summed E-state index contributed by atoms with van der Waals surface area (Å²) >= 11 is 1.41. The SMILES string of the molecule is O=C(Nc1ccc(OCc2noc(C3CC3)n2)cc1)c1cccs1. The number of carbonyl (C=O) groups is 1. The maximum atomic E-state index is 12.0. The molecule has 1 amide bonds. The molecule has 1 N–H and O–H groups in total. The molecule has 0 radical (unpaired) electrons. The molecule has 0 atom stereocenters. The molecule has 2 aromatic heterocycles. The third-order valence-corrected chi connectivity index (χ3v) is 4.50. The summed E-state index contributed by atoms with van der Waals surface area (Å²) in [5.41, 5.74) is 0.719. The molecule has 3 aromatic rings. The lowest BCUT2D eigenvalue weighted by Crippen LogP contribution is -2.09. The third kappa shape index (κ3) is 3.46. The number of amides is 1. The normalized spacial score (nSPS) is 13.7. The fourth-order valence-corrected chi connectivity index (χ4v) is 2.82. The van der Waals surface area contributed by atoms with Crippen molar-refractivity contribution in [2.45, 2.75) is 25.4 Å². The van der Waals surface area contributed by atoms with Gasteiger partial charge in [-0.2, -0.15) is 4.98 Å². The van der Waals surface area contributed by atoms with Gasteiger partial charge in [-0.25, -0.2) is 0 Å². The highest BCUT2D eigenvalue weighted by atomic mass is 32.1. The van der Waals surface area contributed by atoms with Crippen LogP contribution in [0.1, 0.15) is 40.1 Å².